The van der Waals surface area contributed by atoms with Crippen molar-refractivity contribution in [2.24, 2.45) is 0 Å². The van der Waals surface area contributed by atoms with Gasteiger partial charge >= 0.3 is 0 Å². The molecule has 0 aliphatic carbocycles. The molecule has 3 heterocycles. The fourth-order valence-corrected chi connectivity index (χ4v) is 8.16. The van der Waals surface area contributed by atoms with E-state index >= 15 is 0 Å². The van der Waals surface area contributed by atoms with Crippen LogP contribution in [0.1, 0.15) is 0 Å². The molecule has 0 atom stereocenters. The smallest absolute Gasteiger partial charge is 0.235 e. The maximum absolute atomic E-state index is 5.46. The second kappa shape index (κ2) is 11.2. The maximum Gasteiger partial charge on any atom is 0.235 e. The number of aromatic nitrogens is 4. The van der Waals surface area contributed by atoms with Gasteiger partial charge in [0.1, 0.15) is 0 Å². The molecule has 0 saturated heterocycles. The van der Waals surface area contributed by atoms with Crippen LogP contribution in [0, 0.1) is 0 Å². The van der Waals surface area contributed by atoms with Crippen LogP contribution in [0.2, 0.25) is 0 Å². The largest absolute Gasteiger partial charge is 0.309 e. The Labute approximate surface area is 299 Å². The molecule has 8 aromatic carbocycles. The zero-order valence-corrected chi connectivity index (χ0v) is 28.1. The Kier molecular flexibility index (Phi) is 6.22. The van der Waals surface area contributed by atoms with Crippen LogP contribution in [0.5, 0.6) is 0 Å². The van der Waals surface area contributed by atoms with Gasteiger partial charge in [0.15, 0.2) is 0 Å². The predicted molar refractivity (Wildman–Crippen MR) is 217 cm³/mol. The van der Waals surface area contributed by atoms with Gasteiger partial charge in [0.25, 0.3) is 0 Å². The van der Waals surface area contributed by atoms with Crippen molar-refractivity contribution in [3.05, 3.63) is 182 Å². The van der Waals surface area contributed by atoms with Crippen molar-refractivity contribution < 1.29 is 0 Å². The first-order valence-electron chi connectivity index (χ1n) is 17.7. The Hall–Kier alpha value is -7.04. The lowest BCUT2D eigenvalue weighted by Gasteiger charge is -2.15. The summed E-state index contributed by atoms with van der Waals surface area (Å²) in [5.41, 5.74) is 10.7. The zero-order chi connectivity index (χ0) is 34.2. The van der Waals surface area contributed by atoms with Crippen LogP contribution in [0.3, 0.4) is 0 Å². The van der Waals surface area contributed by atoms with Crippen LogP contribution in [-0.4, -0.2) is 19.1 Å². The van der Waals surface area contributed by atoms with E-state index in [4.69, 9.17) is 9.97 Å². The minimum absolute atomic E-state index is 0.648. The molecular formula is C48H30N4. The van der Waals surface area contributed by atoms with Gasteiger partial charge in [-0.1, -0.05) is 140 Å². The number of hydrogen-bond acceptors (Lipinski definition) is 2. The molecule has 0 saturated carbocycles. The number of benzene rings is 8. The van der Waals surface area contributed by atoms with Crippen molar-refractivity contribution in [1.29, 1.82) is 0 Å². The standard InChI is InChI=1S/C48H30N4/c1-2-14-32(15-3-1)36-20-12-21-40-46(34-26-25-31-13-4-5-16-33(31)29-34)49-48(50-47(36)40)52-44-24-11-8-19-39(44)41-30-35(27-28-45(41)52)51-42-22-9-6-17-37(42)38-18-7-10-23-43(38)51/h1-30H. The van der Waals surface area contributed by atoms with Gasteiger partial charge in [-0.05, 0) is 58.8 Å². The van der Waals surface area contributed by atoms with Crippen LogP contribution < -0.4 is 0 Å². The highest BCUT2D eigenvalue weighted by Crippen LogP contribution is 2.39. The summed E-state index contributed by atoms with van der Waals surface area (Å²) in [6, 6.07) is 64.9. The lowest BCUT2D eigenvalue weighted by atomic mass is 9.98. The topological polar surface area (TPSA) is 35.6 Å². The molecule has 242 valence electrons. The molecule has 0 aliphatic rings. The van der Waals surface area contributed by atoms with E-state index in [1.807, 2.05) is 0 Å². The molecule has 4 heteroatoms. The van der Waals surface area contributed by atoms with E-state index in [0.717, 1.165) is 60.8 Å². The fourth-order valence-electron chi connectivity index (χ4n) is 8.16. The number of hydrogen-bond donors (Lipinski definition) is 0. The molecule has 0 aliphatic heterocycles. The molecule has 0 bridgehead atoms. The van der Waals surface area contributed by atoms with E-state index in [9.17, 15) is 0 Å². The highest BCUT2D eigenvalue weighted by Gasteiger charge is 2.20. The number of fused-ring (bicyclic) bond motifs is 8. The average Bonchev–Trinajstić information content (AvgIpc) is 3.73. The summed E-state index contributed by atoms with van der Waals surface area (Å²) in [5, 5.41) is 8.23. The van der Waals surface area contributed by atoms with Gasteiger partial charge in [0.05, 0.1) is 33.3 Å². The van der Waals surface area contributed by atoms with Crippen molar-refractivity contribution in [3.63, 3.8) is 0 Å². The van der Waals surface area contributed by atoms with Gasteiger partial charge in [0, 0.05) is 43.7 Å². The summed E-state index contributed by atoms with van der Waals surface area (Å²) in [6.45, 7) is 0. The monoisotopic (exact) mass is 662 g/mol. The zero-order valence-electron chi connectivity index (χ0n) is 28.1. The van der Waals surface area contributed by atoms with Gasteiger partial charge in [-0.3, -0.25) is 4.57 Å². The highest BCUT2D eigenvalue weighted by molar-refractivity contribution is 6.12. The maximum atomic E-state index is 5.46. The summed E-state index contributed by atoms with van der Waals surface area (Å²) in [6.07, 6.45) is 0. The van der Waals surface area contributed by atoms with Crippen LogP contribution in [0.4, 0.5) is 0 Å². The van der Waals surface area contributed by atoms with Crippen molar-refractivity contribution in [2.75, 3.05) is 0 Å². The molecule has 0 radical (unpaired) electrons. The van der Waals surface area contributed by atoms with Crippen LogP contribution in [-0.2, 0) is 0 Å². The Morgan fingerprint density at radius 3 is 1.69 bits per heavy atom. The van der Waals surface area contributed by atoms with Crippen LogP contribution in [0.15, 0.2) is 182 Å². The lowest BCUT2D eigenvalue weighted by Crippen LogP contribution is -2.04. The normalized spacial score (nSPS) is 11.8. The number of nitrogens with zero attached hydrogens (tertiary/aromatic N) is 4. The van der Waals surface area contributed by atoms with Gasteiger partial charge < -0.3 is 4.57 Å². The van der Waals surface area contributed by atoms with Crippen molar-refractivity contribution >= 4 is 65.3 Å². The van der Waals surface area contributed by atoms with E-state index < -0.39 is 0 Å². The minimum Gasteiger partial charge on any atom is -0.309 e. The number of rotatable bonds is 4. The van der Waals surface area contributed by atoms with E-state index in [2.05, 4.69) is 191 Å². The first-order valence-corrected chi connectivity index (χ1v) is 17.7. The third-order valence-corrected chi connectivity index (χ3v) is 10.5. The van der Waals surface area contributed by atoms with E-state index in [1.54, 1.807) is 0 Å². The summed E-state index contributed by atoms with van der Waals surface area (Å²) in [4.78, 5) is 10.9. The van der Waals surface area contributed by atoms with Crippen LogP contribution in [0.25, 0.3) is 99.3 Å². The summed E-state index contributed by atoms with van der Waals surface area (Å²) < 4.78 is 4.62. The first kappa shape index (κ1) is 28.8. The van der Waals surface area contributed by atoms with Gasteiger partial charge in [-0.25, -0.2) is 9.97 Å². The van der Waals surface area contributed by atoms with Crippen molar-refractivity contribution in [2.45, 2.75) is 0 Å². The third-order valence-electron chi connectivity index (χ3n) is 10.5. The van der Waals surface area contributed by atoms with Crippen molar-refractivity contribution in [1.82, 2.24) is 19.1 Å². The molecule has 11 rings (SSSR count). The Morgan fingerprint density at radius 1 is 0.346 bits per heavy atom. The molecule has 0 N–H and O–H groups in total. The Bertz CT molecular complexity index is 3130. The fraction of sp³-hybridized carbons (Fsp3) is 0. The predicted octanol–water partition coefficient (Wildman–Crippen LogP) is 12.3. The van der Waals surface area contributed by atoms with E-state index in [0.29, 0.717) is 5.95 Å². The number of para-hydroxylation sites is 4. The van der Waals surface area contributed by atoms with Crippen molar-refractivity contribution in [3.8, 4) is 34.0 Å². The second-order valence-corrected chi connectivity index (χ2v) is 13.4. The second-order valence-electron chi connectivity index (χ2n) is 13.4. The third kappa shape index (κ3) is 4.28. The molecule has 11 aromatic rings. The summed E-state index contributed by atoms with van der Waals surface area (Å²) >= 11 is 0. The average molecular weight is 663 g/mol. The van der Waals surface area contributed by atoms with Crippen LogP contribution >= 0.6 is 0 Å². The first-order chi connectivity index (χ1) is 25.8. The minimum atomic E-state index is 0.648. The molecule has 0 amide bonds. The summed E-state index contributed by atoms with van der Waals surface area (Å²) in [5.74, 6) is 0.648. The molecule has 0 unspecified atom stereocenters. The van der Waals surface area contributed by atoms with Gasteiger partial charge in [-0.15, -0.1) is 0 Å². The quantitative estimate of drug-likeness (QED) is 0.188. The Balaban J connectivity index is 1.21. The molecular weight excluding hydrogens is 633 g/mol. The molecule has 0 spiro atoms. The summed E-state index contributed by atoms with van der Waals surface area (Å²) in [7, 11) is 0. The van der Waals surface area contributed by atoms with Gasteiger partial charge in [0.2, 0.25) is 5.95 Å². The molecule has 3 aromatic heterocycles. The molecule has 52 heavy (non-hydrogen) atoms. The SMILES string of the molecule is c1ccc(-c2cccc3c(-c4ccc5ccccc5c4)nc(-n4c5ccccc5c5cc(-n6c7ccccc7c7ccccc76)ccc54)nc23)cc1. The van der Waals surface area contributed by atoms with E-state index in [-0.39, 0.29) is 0 Å². The Morgan fingerprint density at radius 2 is 0.942 bits per heavy atom. The van der Waals surface area contributed by atoms with E-state index in [1.165, 1.54) is 32.6 Å². The lowest BCUT2D eigenvalue weighted by molar-refractivity contribution is 1.01. The molecule has 4 nitrogen and oxygen atoms in total. The van der Waals surface area contributed by atoms with Gasteiger partial charge in [-0.2, -0.15) is 0 Å². The highest BCUT2D eigenvalue weighted by atomic mass is 15.2. The molecule has 0 fully saturated rings.